The summed E-state index contributed by atoms with van der Waals surface area (Å²) in [6, 6.07) is 23.7. The number of hydrogen-bond acceptors (Lipinski definition) is 6. The quantitative estimate of drug-likeness (QED) is 0.282. The molecule has 4 aromatic rings. The molecule has 0 radical (unpaired) electrons. The second kappa shape index (κ2) is 11.6. The Labute approximate surface area is 209 Å². The van der Waals surface area contributed by atoms with Gasteiger partial charge in [-0.05, 0) is 69.3 Å². The minimum absolute atomic E-state index is 0.0913. The Morgan fingerprint density at radius 3 is 2.17 bits per heavy atom. The first-order valence-electron chi connectivity index (χ1n) is 11.5. The predicted octanol–water partition coefficient (Wildman–Crippen LogP) is 5.63. The molecule has 180 valence electrons. The summed E-state index contributed by atoms with van der Waals surface area (Å²) in [6.07, 6.45) is 0. The number of aromatic nitrogens is 3. The fourth-order valence-corrected chi connectivity index (χ4v) is 4.21. The standard InChI is InChI=1S/C27H29N5O2S/c1-4-34-24-15-11-21(12-16-24)28-17-25-30-31-27(32(25)23-13-7-20(3)8-14-23)35-18-26(33)29-22-9-5-19(2)6-10-22/h5-16,28H,4,17-18H2,1-3H3,(H,29,33). The first-order valence-corrected chi connectivity index (χ1v) is 12.5. The molecule has 0 fully saturated rings. The monoisotopic (exact) mass is 487 g/mol. The van der Waals surface area contributed by atoms with Crippen molar-refractivity contribution in [2.24, 2.45) is 0 Å². The van der Waals surface area contributed by atoms with Crippen LogP contribution in [-0.4, -0.2) is 33.0 Å². The number of benzene rings is 3. The summed E-state index contributed by atoms with van der Waals surface area (Å²) in [4.78, 5) is 12.5. The normalized spacial score (nSPS) is 10.7. The number of thioether (sulfide) groups is 1. The molecule has 1 aromatic heterocycles. The molecule has 3 aromatic carbocycles. The summed E-state index contributed by atoms with van der Waals surface area (Å²) in [6.45, 7) is 7.14. The highest BCUT2D eigenvalue weighted by atomic mass is 32.2. The van der Waals surface area contributed by atoms with Crippen molar-refractivity contribution < 1.29 is 9.53 Å². The minimum atomic E-state index is -0.0913. The number of aryl methyl sites for hydroxylation is 2. The van der Waals surface area contributed by atoms with Crippen LogP contribution in [0.3, 0.4) is 0 Å². The van der Waals surface area contributed by atoms with Gasteiger partial charge >= 0.3 is 0 Å². The van der Waals surface area contributed by atoms with E-state index in [0.717, 1.165) is 34.2 Å². The van der Waals surface area contributed by atoms with Crippen LogP contribution in [0.4, 0.5) is 11.4 Å². The molecule has 0 bridgehead atoms. The van der Waals surface area contributed by atoms with Gasteiger partial charge in [-0.1, -0.05) is 47.2 Å². The van der Waals surface area contributed by atoms with Crippen molar-refractivity contribution in [3.63, 3.8) is 0 Å². The average molecular weight is 488 g/mol. The molecule has 0 saturated heterocycles. The molecule has 7 nitrogen and oxygen atoms in total. The second-order valence-electron chi connectivity index (χ2n) is 8.08. The van der Waals surface area contributed by atoms with E-state index in [0.29, 0.717) is 18.3 Å². The lowest BCUT2D eigenvalue weighted by atomic mass is 10.2. The van der Waals surface area contributed by atoms with Gasteiger partial charge in [-0.25, -0.2) is 0 Å². The lowest BCUT2D eigenvalue weighted by Gasteiger charge is -2.12. The predicted molar refractivity (Wildman–Crippen MR) is 142 cm³/mol. The van der Waals surface area contributed by atoms with Crippen molar-refractivity contribution in [2.75, 3.05) is 23.0 Å². The first-order chi connectivity index (χ1) is 17.0. The zero-order valence-corrected chi connectivity index (χ0v) is 20.9. The average Bonchev–Trinajstić information content (AvgIpc) is 3.27. The number of carbonyl (C=O) groups is 1. The van der Waals surface area contributed by atoms with E-state index in [1.54, 1.807) is 0 Å². The fourth-order valence-electron chi connectivity index (χ4n) is 3.44. The van der Waals surface area contributed by atoms with E-state index in [4.69, 9.17) is 4.74 Å². The van der Waals surface area contributed by atoms with E-state index in [9.17, 15) is 4.79 Å². The van der Waals surface area contributed by atoms with Crippen molar-refractivity contribution in [2.45, 2.75) is 32.5 Å². The van der Waals surface area contributed by atoms with E-state index in [1.165, 1.54) is 17.3 Å². The number of carbonyl (C=O) groups excluding carboxylic acids is 1. The number of anilines is 2. The topological polar surface area (TPSA) is 81.1 Å². The molecule has 0 aliphatic rings. The van der Waals surface area contributed by atoms with Crippen LogP contribution < -0.4 is 15.4 Å². The summed E-state index contributed by atoms with van der Waals surface area (Å²) in [5.41, 5.74) is 5.00. The van der Waals surface area contributed by atoms with Crippen LogP contribution in [0.15, 0.2) is 78.0 Å². The maximum Gasteiger partial charge on any atom is 0.234 e. The van der Waals surface area contributed by atoms with Crippen LogP contribution in [0.25, 0.3) is 5.69 Å². The molecule has 1 heterocycles. The molecule has 4 rings (SSSR count). The summed E-state index contributed by atoms with van der Waals surface area (Å²) >= 11 is 1.36. The number of ether oxygens (including phenoxy) is 1. The van der Waals surface area contributed by atoms with Gasteiger partial charge in [0.15, 0.2) is 11.0 Å². The number of rotatable bonds is 10. The highest BCUT2D eigenvalue weighted by molar-refractivity contribution is 7.99. The highest BCUT2D eigenvalue weighted by Gasteiger charge is 2.16. The van der Waals surface area contributed by atoms with Gasteiger partial charge in [0.05, 0.1) is 18.9 Å². The van der Waals surface area contributed by atoms with Gasteiger partial charge in [-0.15, -0.1) is 10.2 Å². The van der Waals surface area contributed by atoms with E-state index in [1.807, 2.05) is 79.1 Å². The van der Waals surface area contributed by atoms with Gasteiger partial charge in [0.25, 0.3) is 0 Å². The minimum Gasteiger partial charge on any atom is -0.494 e. The van der Waals surface area contributed by atoms with Crippen LogP contribution in [0.1, 0.15) is 23.9 Å². The molecule has 2 N–H and O–H groups in total. The van der Waals surface area contributed by atoms with E-state index >= 15 is 0 Å². The SMILES string of the molecule is CCOc1ccc(NCc2nnc(SCC(=O)Nc3ccc(C)cc3)n2-c2ccc(C)cc2)cc1. The number of nitrogens with zero attached hydrogens (tertiary/aromatic N) is 3. The molecule has 0 spiro atoms. The smallest absolute Gasteiger partial charge is 0.234 e. The van der Waals surface area contributed by atoms with Crippen molar-refractivity contribution >= 4 is 29.0 Å². The summed E-state index contributed by atoms with van der Waals surface area (Å²) in [5.74, 6) is 1.73. The Hall–Kier alpha value is -3.78. The van der Waals surface area contributed by atoms with Gasteiger partial charge in [-0.3, -0.25) is 9.36 Å². The number of nitrogens with one attached hydrogen (secondary N) is 2. The van der Waals surface area contributed by atoms with Gasteiger partial charge < -0.3 is 15.4 Å². The molecule has 0 atom stereocenters. The van der Waals surface area contributed by atoms with Gasteiger partial charge in [-0.2, -0.15) is 0 Å². The molecular formula is C27H29N5O2S. The van der Waals surface area contributed by atoms with E-state index in [-0.39, 0.29) is 11.7 Å². The third-order valence-corrected chi connectivity index (χ3v) is 6.21. The Morgan fingerprint density at radius 1 is 0.886 bits per heavy atom. The van der Waals surface area contributed by atoms with E-state index in [2.05, 4.69) is 39.9 Å². The van der Waals surface area contributed by atoms with Crippen LogP contribution in [0, 0.1) is 13.8 Å². The summed E-state index contributed by atoms with van der Waals surface area (Å²) < 4.78 is 7.50. The third kappa shape index (κ3) is 6.64. The Balaban J connectivity index is 1.48. The fraction of sp³-hybridized carbons (Fsp3) is 0.222. The molecule has 35 heavy (non-hydrogen) atoms. The Kier molecular flexibility index (Phi) is 8.05. The first kappa shape index (κ1) is 24.3. The van der Waals surface area contributed by atoms with Crippen molar-refractivity contribution in [1.82, 2.24) is 14.8 Å². The van der Waals surface area contributed by atoms with Crippen LogP contribution >= 0.6 is 11.8 Å². The maximum atomic E-state index is 12.5. The van der Waals surface area contributed by atoms with Crippen molar-refractivity contribution in [3.05, 3.63) is 89.7 Å². The van der Waals surface area contributed by atoms with E-state index < -0.39 is 0 Å². The van der Waals surface area contributed by atoms with Crippen molar-refractivity contribution in [1.29, 1.82) is 0 Å². The maximum absolute atomic E-state index is 12.5. The number of hydrogen-bond donors (Lipinski definition) is 2. The zero-order valence-electron chi connectivity index (χ0n) is 20.1. The van der Waals surface area contributed by atoms with Gasteiger partial charge in [0.2, 0.25) is 5.91 Å². The Bertz CT molecular complexity index is 1250. The zero-order chi connectivity index (χ0) is 24.6. The Morgan fingerprint density at radius 2 is 1.51 bits per heavy atom. The molecule has 0 aliphatic heterocycles. The summed E-state index contributed by atoms with van der Waals surface area (Å²) in [5, 5.41) is 15.8. The molecule has 0 aliphatic carbocycles. The molecule has 1 amide bonds. The second-order valence-corrected chi connectivity index (χ2v) is 9.03. The van der Waals surface area contributed by atoms with Gasteiger partial charge in [0, 0.05) is 17.1 Å². The molecule has 8 heteroatoms. The summed E-state index contributed by atoms with van der Waals surface area (Å²) in [7, 11) is 0. The van der Waals surface area contributed by atoms with Crippen LogP contribution in [0.5, 0.6) is 5.75 Å². The highest BCUT2D eigenvalue weighted by Crippen LogP contribution is 2.24. The number of amides is 1. The lowest BCUT2D eigenvalue weighted by molar-refractivity contribution is -0.113. The van der Waals surface area contributed by atoms with Crippen LogP contribution in [0.2, 0.25) is 0 Å². The van der Waals surface area contributed by atoms with Crippen LogP contribution in [-0.2, 0) is 11.3 Å². The van der Waals surface area contributed by atoms with Gasteiger partial charge in [0.1, 0.15) is 5.75 Å². The lowest BCUT2D eigenvalue weighted by Crippen LogP contribution is -2.15. The molecular weight excluding hydrogens is 458 g/mol. The third-order valence-electron chi connectivity index (χ3n) is 5.28. The molecule has 0 unspecified atom stereocenters. The molecule has 0 saturated carbocycles. The largest absolute Gasteiger partial charge is 0.494 e. The van der Waals surface area contributed by atoms with Crippen molar-refractivity contribution in [3.8, 4) is 11.4 Å².